The van der Waals surface area contributed by atoms with Gasteiger partial charge in [-0.05, 0) is 30.3 Å². The van der Waals surface area contributed by atoms with E-state index in [4.69, 9.17) is 27.6 Å². The van der Waals surface area contributed by atoms with Crippen LogP contribution in [0, 0.1) is 0 Å². The van der Waals surface area contributed by atoms with Crippen LogP contribution in [-0.4, -0.2) is 19.4 Å². The summed E-state index contributed by atoms with van der Waals surface area (Å²) in [6.07, 6.45) is 0.693. The second-order valence-corrected chi connectivity index (χ2v) is 4.53. The number of amides is 1. The summed E-state index contributed by atoms with van der Waals surface area (Å²) >= 11 is 11.9. The fourth-order valence-corrected chi connectivity index (χ4v) is 1.95. The molecule has 0 spiro atoms. The minimum absolute atomic E-state index is 0.461. The molecule has 0 aliphatic carbocycles. The Bertz CT molecular complexity index is 653. The van der Waals surface area contributed by atoms with E-state index >= 15 is 0 Å². The van der Waals surface area contributed by atoms with Gasteiger partial charge in [-0.25, -0.2) is 10.2 Å². The van der Waals surface area contributed by atoms with Gasteiger partial charge in [-0.2, -0.15) is 5.10 Å². The Hall–Kier alpha value is -1.98. The molecule has 104 valence electrons. The molecule has 1 amide bonds. The molecule has 0 saturated heterocycles. The Morgan fingerprint density at radius 2 is 2.15 bits per heavy atom. The highest BCUT2D eigenvalue weighted by Crippen LogP contribution is 2.31. The number of nitrogens with zero attached hydrogens (tertiary/aromatic N) is 1. The molecule has 0 bridgehead atoms. The molecule has 1 aromatic carbocycles. The highest BCUT2D eigenvalue weighted by molar-refractivity contribution is 6.36. The van der Waals surface area contributed by atoms with Gasteiger partial charge >= 0.3 is 6.09 Å². The number of benzene rings is 1. The number of hydrazone groups is 1. The van der Waals surface area contributed by atoms with Crippen LogP contribution in [-0.2, 0) is 4.74 Å². The van der Waals surface area contributed by atoms with Crippen molar-refractivity contribution in [3.8, 4) is 11.3 Å². The Labute approximate surface area is 125 Å². The molecule has 7 heteroatoms. The van der Waals surface area contributed by atoms with Crippen molar-refractivity contribution in [2.45, 2.75) is 0 Å². The Morgan fingerprint density at radius 1 is 1.35 bits per heavy atom. The van der Waals surface area contributed by atoms with Gasteiger partial charge in [0, 0.05) is 10.6 Å². The molecular weight excluding hydrogens is 303 g/mol. The number of carbonyl (C=O) groups excluding carboxylic acids is 1. The first-order valence-electron chi connectivity index (χ1n) is 5.52. The van der Waals surface area contributed by atoms with E-state index in [0.717, 1.165) is 5.56 Å². The van der Waals surface area contributed by atoms with Crippen molar-refractivity contribution in [1.29, 1.82) is 0 Å². The predicted octanol–water partition coefficient (Wildman–Crippen LogP) is 3.94. The van der Waals surface area contributed by atoms with Crippen molar-refractivity contribution in [3.63, 3.8) is 0 Å². The average molecular weight is 313 g/mol. The zero-order chi connectivity index (χ0) is 14.5. The summed E-state index contributed by atoms with van der Waals surface area (Å²) in [5.41, 5.74) is 2.87. The zero-order valence-corrected chi connectivity index (χ0v) is 11.9. The van der Waals surface area contributed by atoms with E-state index in [9.17, 15) is 4.79 Å². The number of nitrogens with one attached hydrogen (secondary N) is 1. The van der Waals surface area contributed by atoms with Crippen LogP contribution in [0.3, 0.4) is 0 Å². The Kier molecular flexibility index (Phi) is 4.65. The number of carbonyl (C=O) groups is 1. The molecular formula is C13H10Cl2N2O3. The smallest absolute Gasteiger partial charge is 0.427 e. The van der Waals surface area contributed by atoms with Gasteiger partial charge in [-0.1, -0.05) is 23.2 Å². The number of hydrogen-bond donors (Lipinski definition) is 1. The van der Waals surface area contributed by atoms with Gasteiger partial charge in [0.2, 0.25) is 0 Å². The summed E-state index contributed by atoms with van der Waals surface area (Å²) in [7, 11) is 1.25. The topological polar surface area (TPSA) is 63.8 Å². The van der Waals surface area contributed by atoms with Crippen molar-refractivity contribution in [2.24, 2.45) is 5.10 Å². The maximum atomic E-state index is 10.8. The largest absolute Gasteiger partial charge is 0.455 e. The quantitative estimate of drug-likeness (QED) is 0.689. The maximum Gasteiger partial charge on any atom is 0.427 e. The standard InChI is InChI=1S/C13H10Cl2N2O3/c1-19-13(18)17-16-7-9-3-5-12(20-9)10-4-2-8(14)6-11(10)15/h2-7H,1H3,(H,17,18). The maximum absolute atomic E-state index is 10.8. The van der Waals surface area contributed by atoms with E-state index in [1.54, 1.807) is 30.3 Å². The van der Waals surface area contributed by atoms with E-state index in [1.165, 1.54) is 13.3 Å². The first-order valence-corrected chi connectivity index (χ1v) is 6.28. The van der Waals surface area contributed by atoms with Gasteiger partial charge < -0.3 is 9.15 Å². The van der Waals surface area contributed by atoms with Gasteiger partial charge in [-0.15, -0.1) is 0 Å². The highest BCUT2D eigenvalue weighted by atomic mass is 35.5. The van der Waals surface area contributed by atoms with E-state index in [-0.39, 0.29) is 0 Å². The molecule has 0 aliphatic heterocycles. The lowest BCUT2D eigenvalue weighted by atomic mass is 10.2. The zero-order valence-electron chi connectivity index (χ0n) is 10.4. The first kappa shape index (κ1) is 14.4. The average Bonchev–Trinajstić information content (AvgIpc) is 2.87. The lowest BCUT2D eigenvalue weighted by Crippen LogP contribution is -2.16. The van der Waals surface area contributed by atoms with E-state index < -0.39 is 6.09 Å². The summed E-state index contributed by atoms with van der Waals surface area (Å²) in [6, 6.07) is 8.56. The van der Waals surface area contributed by atoms with Crippen LogP contribution in [0.5, 0.6) is 0 Å². The number of ether oxygens (including phenoxy) is 1. The molecule has 1 aromatic heterocycles. The molecule has 5 nitrogen and oxygen atoms in total. The van der Waals surface area contributed by atoms with E-state index in [0.29, 0.717) is 21.6 Å². The SMILES string of the molecule is COC(=O)NN=Cc1ccc(-c2ccc(Cl)cc2Cl)o1. The summed E-state index contributed by atoms with van der Waals surface area (Å²) in [5, 5.41) is 4.70. The third kappa shape index (κ3) is 3.53. The second kappa shape index (κ2) is 6.45. The molecule has 0 atom stereocenters. The summed E-state index contributed by atoms with van der Waals surface area (Å²) in [4.78, 5) is 10.8. The monoisotopic (exact) mass is 312 g/mol. The minimum Gasteiger partial charge on any atom is -0.455 e. The summed E-state index contributed by atoms with van der Waals surface area (Å²) in [6.45, 7) is 0. The molecule has 0 aliphatic rings. The molecule has 1 N–H and O–H groups in total. The summed E-state index contributed by atoms with van der Waals surface area (Å²) in [5.74, 6) is 1.04. The van der Waals surface area contributed by atoms with Gasteiger partial charge in [0.05, 0.1) is 18.3 Å². The Balaban J connectivity index is 2.14. The lowest BCUT2D eigenvalue weighted by molar-refractivity contribution is 0.171. The molecule has 0 fully saturated rings. The number of rotatable bonds is 3. The van der Waals surface area contributed by atoms with Crippen molar-refractivity contribution in [1.82, 2.24) is 5.43 Å². The third-order valence-corrected chi connectivity index (χ3v) is 2.90. The number of halogens is 2. The normalized spacial score (nSPS) is 10.8. The summed E-state index contributed by atoms with van der Waals surface area (Å²) < 4.78 is 9.90. The second-order valence-electron chi connectivity index (χ2n) is 3.69. The molecule has 1 heterocycles. The van der Waals surface area contributed by atoms with Crippen LogP contribution >= 0.6 is 23.2 Å². The van der Waals surface area contributed by atoms with Crippen molar-refractivity contribution in [2.75, 3.05) is 7.11 Å². The highest BCUT2D eigenvalue weighted by Gasteiger charge is 2.08. The number of methoxy groups -OCH3 is 1. The molecule has 2 rings (SSSR count). The van der Waals surface area contributed by atoms with Crippen LogP contribution in [0.2, 0.25) is 10.0 Å². The lowest BCUT2D eigenvalue weighted by Gasteiger charge is -2.00. The van der Waals surface area contributed by atoms with Crippen LogP contribution in [0.25, 0.3) is 11.3 Å². The van der Waals surface area contributed by atoms with Crippen LogP contribution in [0.15, 0.2) is 39.9 Å². The molecule has 0 radical (unpaired) electrons. The van der Waals surface area contributed by atoms with Crippen LogP contribution < -0.4 is 5.43 Å². The number of furan rings is 1. The first-order chi connectivity index (χ1) is 9.60. The molecule has 2 aromatic rings. The Morgan fingerprint density at radius 3 is 2.85 bits per heavy atom. The van der Waals surface area contributed by atoms with Crippen molar-refractivity contribution in [3.05, 3.63) is 46.1 Å². The predicted molar refractivity (Wildman–Crippen MR) is 77.3 cm³/mol. The van der Waals surface area contributed by atoms with Gasteiger partial charge in [0.25, 0.3) is 0 Å². The van der Waals surface area contributed by atoms with Crippen LogP contribution in [0.4, 0.5) is 4.79 Å². The van der Waals surface area contributed by atoms with Crippen molar-refractivity contribution >= 4 is 35.5 Å². The fraction of sp³-hybridized carbons (Fsp3) is 0.0769. The molecule has 0 saturated carbocycles. The fourth-order valence-electron chi connectivity index (χ4n) is 1.45. The van der Waals surface area contributed by atoms with E-state index in [2.05, 4.69) is 15.3 Å². The number of hydrogen-bond acceptors (Lipinski definition) is 4. The van der Waals surface area contributed by atoms with Gasteiger partial charge in [-0.3, -0.25) is 0 Å². The minimum atomic E-state index is -0.659. The van der Waals surface area contributed by atoms with Crippen molar-refractivity contribution < 1.29 is 13.9 Å². The van der Waals surface area contributed by atoms with Gasteiger partial charge in [0.1, 0.15) is 11.5 Å². The van der Waals surface area contributed by atoms with Gasteiger partial charge in [0.15, 0.2) is 0 Å². The van der Waals surface area contributed by atoms with Crippen LogP contribution in [0.1, 0.15) is 5.76 Å². The van der Waals surface area contributed by atoms with E-state index in [1.807, 2.05) is 0 Å². The molecule has 0 unspecified atom stereocenters. The third-order valence-electron chi connectivity index (χ3n) is 2.36. The molecule has 20 heavy (non-hydrogen) atoms.